The first-order valence-corrected chi connectivity index (χ1v) is 7.12. The third-order valence-electron chi connectivity index (χ3n) is 2.87. The van der Waals surface area contributed by atoms with Gasteiger partial charge in [0.2, 0.25) is 0 Å². The predicted molar refractivity (Wildman–Crippen MR) is 91.4 cm³/mol. The third-order valence-corrected chi connectivity index (χ3v) is 2.87. The van der Waals surface area contributed by atoms with Gasteiger partial charge in [-0.25, -0.2) is 0 Å². The molecule has 0 radical (unpaired) electrons. The van der Waals surface area contributed by atoms with Crippen molar-refractivity contribution in [1.82, 2.24) is 0 Å². The Kier molecular flexibility index (Phi) is 9.48. The molecule has 2 rings (SSSR count). The quantitative estimate of drug-likeness (QED) is 0.616. The first-order valence-electron chi connectivity index (χ1n) is 7.12. The fourth-order valence-corrected chi connectivity index (χ4v) is 2.18. The standard InChI is InChI=1S/C14H15BO2.C4H9.Li/c1-10-8-11(2)14(15(16)17)13(9-10)12-6-4-3-5-7-12;1-4(2)3;/h3-9,16-17H,1-2H3;1-3H3;/q;-1;+1. The van der Waals surface area contributed by atoms with Crippen molar-refractivity contribution < 1.29 is 28.9 Å². The summed E-state index contributed by atoms with van der Waals surface area (Å²) in [6, 6.07) is 13.7. The van der Waals surface area contributed by atoms with Crippen LogP contribution in [0.2, 0.25) is 0 Å². The van der Waals surface area contributed by atoms with Gasteiger partial charge in [-0.15, -0.1) is 0 Å². The van der Waals surface area contributed by atoms with E-state index in [4.69, 9.17) is 0 Å². The van der Waals surface area contributed by atoms with Gasteiger partial charge >= 0.3 is 26.0 Å². The molecule has 0 bridgehead atoms. The zero-order valence-corrected chi connectivity index (χ0v) is 14.5. The summed E-state index contributed by atoms with van der Waals surface area (Å²) in [5.41, 5.74) is 4.49. The third kappa shape index (κ3) is 6.42. The number of aryl methyl sites for hydroxylation is 2. The molecule has 0 aromatic heterocycles. The maximum Gasteiger partial charge on any atom is 1.00 e. The van der Waals surface area contributed by atoms with Crippen molar-refractivity contribution in [2.75, 3.05) is 0 Å². The molecule has 112 valence electrons. The summed E-state index contributed by atoms with van der Waals surface area (Å²) < 4.78 is 0. The molecule has 0 atom stereocenters. The maximum absolute atomic E-state index is 9.49. The van der Waals surface area contributed by atoms with Crippen molar-refractivity contribution in [2.45, 2.75) is 34.6 Å². The van der Waals surface area contributed by atoms with Crippen molar-refractivity contribution in [3.63, 3.8) is 0 Å². The van der Waals surface area contributed by atoms with Crippen LogP contribution in [0, 0.1) is 19.8 Å². The molecule has 0 spiro atoms. The Morgan fingerprint density at radius 3 is 1.86 bits per heavy atom. The second-order valence-electron chi connectivity index (χ2n) is 5.78. The van der Waals surface area contributed by atoms with Gasteiger partial charge in [-0.3, -0.25) is 0 Å². The Labute approximate surface area is 146 Å². The zero-order chi connectivity index (χ0) is 16.0. The number of hydrogen-bond donors (Lipinski definition) is 2. The Morgan fingerprint density at radius 1 is 0.909 bits per heavy atom. The van der Waals surface area contributed by atoms with Crippen molar-refractivity contribution in [2.24, 2.45) is 0 Å². The van der Waals surface area contributed by atoms with Gasteiger partial charge in [-0.1, -0.05) is 53.6 Å². The molecule has 0 amide bonds. The van der Waals surface area contributed by atoms with Crippen LogP contribution in [0.1, 0.15) is 31.9 Å². The summed E-state index contributed by atoms with van der Waals surface area (Å²) >= 11 is 0. The summed E-state index contributed by atoms with van der Waals surface area (Å²) in [4.78, 5) is 0. The van der Waals surface area contributed by atoms with Crippen LogP contribution in [0.3, 0.4) is 0 Å². The van der Waals surface area contributed by atoms with Crippen LogP contribution in [-0.4, -0.2) is 17.2 Å². The molecule has 0 heterocycles. The Balaban J connectivity index is 0.000000791. The zero-order valence-electron chi connectivity index (χ0n) is 14.5. The van der Waals surface area contributed by atoms with Crippen molar-refractivity contribution in [3.8, 4) is 11.1 Å². The minimum absolute atomic E-state index is 0. The summed E-state index contributed by atoms with van der Waals surface area (Å²) in [6.07, 6.45) is 0. The second-order valence-corrected chi connectivity index (χ2v) is 5.78. The van der Waals surface area contributed by atoms with Gasteiger partial charge in [-0.05, 0) is 30.4 Å². The van der Waals surface area contributed by atoms with Crippen LogP contribution < -0.4 is 24.3 Å². The summed E-state index contributed by atoms with van der Waals surface area (Å²) in [5, 5.41) is 19.0. The second kappa shape index (κ2) is 9.92. The molecular weight excluding hydrogens is 266 g/mol. The Hall–Kier alpha value is -0.978. The van der Waals surface area contributed by atoms with E-state index < -0.39 is 7.12 Å². The summed E-state index contributed by atoms with van der Waals surface area (Å²) in [7, 11) is -1.44. The van der Waals surface area contributed by atoms with Gasteiger partial charge in [0, 0.05) is 0 Å². The van der Waals surface area contributed by atoms with Gasteiger partial charge in [0.15, 0.2) is 0 Å². The number of hydrogen-bond acceptors (Lipinski definition) is 2. The van der Waals surface area contributed by atoms with Crippen LogP contribution in [-0.2, 0) is 0 Å². The monoisotopic (exact) mass is 290 g/mol. The van der Waals surface area contributed by atoms with Crippen LogP contribution >= 0.6 is 0 Å². The van der Waals surface area contributed by atoms with Crippen LogP contribution in [0.4, 0.5) is 0 Å². The van der Waals surface area contributed by atoms with E-state index in [1.54, 1.807) is 0 Å². The minimum atomic E-state index is -1.44. The van der Waals surface area contributed by atoms with E-state index in [0.717, 1.165) is 22.3 Å². The van der Waals surface area contributed by atoms with Crippen LogP contribution in [0.25, 0.3) is 11.1 Å². The van der Waals surface area contributed by atoms with Crippen molar-refractivity contribution in [1.29, 1.82) is 0 Å². The normalized spacial score (nSPS) is 9.64. The molecule has 2 nitrogen and oxygen atoms in total. The molecule has 2 aromatic carbocycles. The molecule has 0 unspecified atom stereocenters. The molecule has 0 fully saturated rings. The molecule has 2 aromatic rings. The predicted octanol–water partition coefficient (Wildman–Crippen LogP) is 0.275. The molecule has 2 N–H and O–H groups in total. The summed E-state index contributed by atoms with van der Waals surface area (Å²) in [6.45, 7) is 10.2. The average Bonchev–Trinajstić information content (AvgIpc) is 2.37. The first kappa shape index (κ1) is 21.0. The molecule has 4 heteroatoms. The molecule has 0 saturated carbocycles. The maximum atomic E-state index is 9.49. The largest absolute Gasteiger partial charge is 1.00 e. The molecule has 0 aliphatic carbocycles. The Bertz CT molecular complexity index is 566. The molecule has 0 saturated heterocycles. The topological polar surface area (TPSA) is 40.5 Å². The summed E-state index contributed by atoms with van der Waals surface area (Å²) in [5.74, 6) is 1.42. The smallest absolute Gasteiger partial charge is 0.423 e. The van der Waals surface area contributed by atoms with Crippen LogP contribution in [0.5, 0.6) is 0 Å². The van der Waals surface area contributed by atoms with E-state index in [0.29, 0.717) is 5.46 Å². The van der Waals surface area contributed by atoms with Gasteiger partial charge in [-0.2, -0.15) is 20.8 Å². The van der Waals surface area contributed by atoms with Gasteiger partial charge < -0.3 is 16.0 Å². The van der Waals surface area contributed by atoms with E-state index in [-0.39, 0.29) is 18.9 Å². The van der Waals surface area contributed by atoms with E-state index in [1.807, 2.05) is 56.3 Å². The minimum Gasteiger partial charge on any atom is -0.423 e. The molecule has 0 aliphatic rings. The average molecular weight is 290 g/mol. The van der Waals surface area contributed by atoms with Crippen molar-refractivity contribution in [3.05, 3.63) is 59.5 Å². The molecule has 22 heavy (non-hydrogen) atoms. The van der Waals surface area contributed by atoms with E-state index in [2.05, 4.69) is 20.8 Å². The SMILES string of the molecule is C[C-](C)C.Cc1cc(C)c(B(O)O)c(-c2ccccc2)c1.[Li+]. The van der Waals surface area contributed by atoms with Crippen molar-refractivity contribution >= 4 is 12.6 Å². The molecular formula is C18H24BLiO2. The van der Waals surface area contributed by atoms with Gasteiger partial charge in [0.1, 0.15) is 0 Å². The van der Waals surface area contributed by atoms with Gasteiger partial charge in [0.05, 0.1) is 0 Å². The number of benzene rings is 2. The first-order chi connectivity index (χ1) is 9.82. The number of rotatable bonds is 2. The van der Waals surface area contributed by atoms with E-state index in [9.17, 15) is 10.0 Å². The van der Waals surface area contributed by atoms with E-state index in [1.165, 1.54) is 5.92 Å². The fourth-order valence-electron chi connectivity index (χ4n) is 2.18. The van der Waals surface area contributed by atoms with Gasteiger partial charge in [0.25, 0.3) is 0 Å². The van der Waals surface area contributed by atoms with E-state index >= 15 is 0 Å². The molecule has 0 aliphatic heterocycles. The van der Waals surface area contributed by atoms with Crippen LogP contribution in [0.15, 0.2) is 42.5 Å². The fraction of sp³-hybridized carbons (Fsp3) is 0.278. The Morgan fingerprint density at radius 2 is 1.41 bits per heavy atom.